The molecule has 0 radical (unpaired) electrons. The number of aromatic nitrogens is 1. The predicted molar refractivity (Wildman–Crippen MR) is 40.8 cm³/mol. The van der Waals surface area contributed by atoms with E-state index in [-0.39, 0.29) is 0 Å². The van der Waals surface area contributed by atoms with E-state index in [1.807, 2.05) is 0 Å². The highest BCUT2D eigenvalue weighted by Gasteiger charge is 2.14. The molecule has 0 aliphatic heterocycles. The van der Waals surface area contributed by atoms with Gasteiger partial charge >= 0.3 is 0 Å². The summed E-state index contributed by atoms with van der Waals surface area (Å²) >= 11 is 0. The van der Waals surface area contributed by atoms with Crippen molar-refractivity contribution in [3.05, 3.63) is 23.5 Å². The van der Waals surface area contributed by atoms with Gasteiger partial charge in [0.05, 0.1) is 0 Å². The Balaban J connectivity index is 2.30. The van der Waals surface area contributed by atoms with Crippen LogP contribution < -0.4 is 5.73 Å². The van der Waals surface area contributed by atoms with E-state index in [1.54, 1.807) is 0 Å². The van der Waals surface area contributed by atoms with Crippen LogP contribution in [0.15, 0.2) is 12.4 Å². The predicted octanol–water partition coefficient (Wildman–Crippen LogP) is 0.831. The number of H-pyrrole nitrogens is 1. The summed E-state index contributed by atoms with van der Waals surface area (Å²) in [5.74, 6) is 0. The van der Waals surface area contributed by atoms with Gasteiger partial charge in [-0.05, 0) is 30.4 Å². The van der Waals surface area contributed by atoms with Crippen LogP contribution in [0.5, 0.6) is 0 Å². The lowest BCUT2D eigenvalue weighted by atomic mass is 9.92. The molecule has 54 valence electrons. The molecule has 10 heavy (non-hydrogen) atoms. The van der Waals surface area contributed by atoms with Crippen LogP contribution >= 0.6 is 0 Å². The highest BCUT2D eigenvalue weighted by atomic mass is 14.7. The van der Waals surface area contributed by atoms with Crippen molar-refractivity contribution in [3.8, 4) is 0 Å². The van der Waals surface area contributed by atoms with Crippen LogP contribution in [0.3, 0.4) is 0 Å². The first-order valence-corrected chi connectivity index (χ1v) is 3.76. The van der Waals surface area contributed by atoms with Crippen molar-refractivity contribution in [3.63, 3.8) is 0 Å². The molecule has 1 unspecified atom stereocenters. The zero-order valence-corrected chi connectivity index (χ0v) is 5.93. The van der Waals surface area contributed by atoms with Crippen LogP contribution in [0, 0.1) is 0 Å². The Morgan fingerprint density at radius 3 is 3.10 bits per heavy atom. The summed E-state index contributed by atoms with van der Waals surface area (Å²) in [7, 11) is 0. The number of aromatic amines is 1. The number of nitrogens with two attached hydrogens (primary N) is 1. The maximum atomic E-state index is 5.79. The normalized spacial score (nSPS) is 24.3. The average molecular weight is 136 g/mol. The topological polar surface area (TPSA) is 41.8 Å². The van der Waals surface area contributed by atoms with Crippen molar-refractivity contribution in [1.82, 2.24) is 4.98 Å². The lowest BCUT2D eigenvalue weighted by Gasteiger charge is -2.17. The Kier molecular flexibility index (Phi) is 1.27. The zero-order chi connectivity index (χ0) is 6.97. The summed E-state index contributed by atoms with van der Waals surface area (Å²) in [6.07, 6.45) is 7.50. The Labute approximate surface area is 60.4 Å². The van der Waals surface area contributed by atoms with Gasteiger partial charge < -0.3 is 10.7 Å². The molecule has 2 nitrogen and oxygen atoms in total. The van der Waals surface area contributed by atoms with E-state index in [0.717, 1.165) is 19.3 Å². The molecule has 0 bridgehead atoms. The van der Waals surface area contributed by atoms with E-state index in [1.165, 1.54) is 11.1 Å². The van der Waals surface area contributed by atoms with Crippen molar-refractivity contribution in [1.29, 1.82) is 0 Å². The largest absolute Gasteiger partial charge is 0.367 e. The molecule has 0 fully saturated rings. The minimum Gasteiger partial charge on any atom is -0.367 e. The number of rotatable bonds is 0. The van der Waals surface area contributed by atoms with Gasteiger partial charge in [0, 0.05) is 18.4 Å². The minimum atomic E-state index is 0.392. The SMILES string of the molecule is NC1CCc2c[nH]cc2C1. The number of hydrogen-bond donors (Lipinski definition) is 2. The molecule has 2 heteroatoms. The van der Waals surface area contributed by atoms with E-state index in [2.05, 4.69) is 17.4 Å². The molecule has 0 aromatic carbocycles. The standard InChI is InChI=1S/C8H12N2/c9-8-2-1-6-4-10-5-7(6)3-8/h4-5,8,10H,1-3,9H2. The van der Waals surface area contributed by atoms with E-state index in [9.17, 15) is 0 Å². The van der Waals surface area contributed by atoms with Gasteiger partial charge in [0.2, 0.25) is 0 Å². The molecule has 0 spiro atoms. The van der Waals surface area contributed by atoms with Gasteiger partial charge in [-0.2, -0.15) is 0 Å². The molecule has 2 rings (SSSR count). The van der Waals surface area contributed by atoms with Crippen molar-refractivity contribution in [2.75, 3.05) is 0 Å². The summed E-state index contributed by atoms with van der Waals surface area (Å²) in [6, 6.07) is 0.392. The van der Waals surface area contributed by atoms with Gasteiger partial charge in [-0.3, -0.25) is 0 Å². The van der Waals surface area contributed by atoms with Gasteiger partial charge in [-0.15, -0.1) is 0 Å². The number of fused-ring (bicyclic) bond motifs is 1. The lowest BCUT2D eigenvalue weighted by molar-refractivity contribution is 0.579. The van der Waals surface area contributed by atoms with Crippen molar-refractivity contribution in [2.24, 2.45) is 5.73 Å². The molecule has 1 aromatic rings. The monoisotopic (exact) mass is 136 g/mol. The number of aryl methyl sites for hydroxylation is 1. The van der Waals surface area contributed by atoms with Crippen LogP contribution in [0.4, 0.5) is 0 Å². The van der Waals surface area contributed by atoms with Gasteiger partial charge in [0.1, 0.15) is 0 Å². The van der Waals surface area contributed by atoms with E-state index in [4.69, 9.17) is 5.73 Å². The Hall–Kier alpha value is -0.760. The van der Waals surface area contributed by atoms with Crippen molar-refractivity contribution in [2.45, 2.75) is 25.3 Å². The lowest BCUT2D eigenvalue weighted by Crippen LogP contribution is -2.26. The third-order valence-electron chi connectivity index (χ3n) is 2.19. The first kappa shape index (κ1) is 5.98. The van der Waals surface area contributed by atoms with Gasteiger partial charge in [0.25, 0.3) is 0 Å². The van der Waals surface area contributed by atoms with Crippen molar-refractivity contribution >= 4 is 0 Å². The third kappa shape index (κ3) is 0.847. The average Bonchev–Trinajstić information content (AvgIpc) is 2.33. The second-order valence-corrected chi connectivity index (χ2v) is 3.01. The summed E-state index contributed by atoms with van der Waals surface area (Å²) in [5.41, 5.74) is 8.67. The molecular weight excluding hydrogens is 124 g/mol. The smallest absolute Gasteiger partial charge is 0.00831 e. The Morgan fingerprint density at radius 1 is 1.40 bits per heavy atom. The van der Waals surface area contributed by atoms with Gasteiger partial charge in [-0.1, -0.05) is 0 Å². The second kappa shape index (κ2) is 2.13. The molecule has 0 saturated carbocycles. The van der Waals surface area contributed by atoms with Gasteiger partial charge in [0.15, 0.2) is 0 Å². The highest BCUT2D eigenvalue weighted by Crippen LogP contribution is 2.19. The number of hydrogen-bond acceptors (Lipinski definition) is 1. The molecule has 0 amide bonds. The molecule has 1 heterocycles. The fraction of sp³-hybridized carbons (Fsp3) is 0.500. The molecule has 1 aliphatic carbocycles. The Bertz CT molecular complexity index is 227. The van der Waals surface area contributed by atoms with E-state index in [0.29, 0.717) is 6.04 Å². The maximum absolute atomic E-state index is 5.79. The third-order valence-corrected chi connectivity index (χ3v) is 2.19. The van der Waals surface area contributed by atoms with Crippen LogP contribution in [0.2, 0.25) is 0 Å². The summed E-state index contributed by atoms with van der Waals surface area (Å²) in [6.45, 7) is 0. The molecule has 3 N–H and O–H groups in total. The second-order valence-electron chi connectivity index (χ2n) is 3.01. The first-order valence-electron chi connectivity index (χ1n) is 3.76. The van der Waals surface area contributed by atoms with E-state index >= 15 is 0 Å². The molecule has 1 aromatic heterocycles. The molecule has 1 aliphatic rings. The quantitative estimate of drug-likeness (QED) is 0.545. The van der Waals surface area contributed by atoms with E-state index < -0.39 is 0 Å². The van der Waals surface area contributed by atoms with Crippen LogP contribution in [0.25, 0.3) is 0 Å². The molecule has 0 saturated heterocycles. The minimum absolute atomic E-state index is 0.392. The maximum Gasteiger partial charge on any atom is 0.00831 e. The zero-order valence-electron chi connectivity index (χ0n) is 5.93. The fourth-order valence-corrected chi connectivity index (χ4v) is 1.58. The van der Waals surface area contributed by atoms with Crippen LogP contribution in [0.1, 0.15) is 17.5 Å². The summed E-state index contributed by atoms with van der Waals surface area (Å²) in [4.78, 5) is 3.11. The van der Waals surface area contributed by atoms with Crippen LogP contribution in [-0.2, 0) is 12.8 Å². The molecule has 1 atom stereocenters. The summed E-state index contributed by atoms with van der Waals surface area (Å²) < 4.78 is 0. The Morgan fingerprint density at radius 2 is 2.20 bits per heavy atom. The molecular formula is C8H12N2. The van der Waals surface area contributed by atoms with Crippen LogP contribution in [-0.4, -0.2) is 11.0 Å². The number of nitrogens with one attached hydrogen (secondary N) is 1. The highest BCUT2D eigenvalue weighted by molar-refractivity contribution is 5.26. The summed E-state index contributed by atoms with van der Waals surface area (Å²) in [5, 5.41) is 0. The fourth-order valence-electron chi connectivity index (χ4n) is 1.58. The first-order chi connectivity index (χ1) is 4.86. The van der Waals surface area contributed by atoms with Gasteiger partial charge in [-0.25, -0.2) is 0 Å². The van der Waals surface area contributed by atoms with Crippen molar-refractivity contribution < 1.29 is 0 Å².